The zero-order chi connectivity index (χ0) is 15.8. The van der Waals surface area contributed by atoms with Crippen LogP contribution in [0.1, 0.15) is 5.56 Å². The molecule has 0 atom stereocenters. The Bertz CT molecular complexity index is 822. The fourth-order valence-corrected chi connectivity index (χ4v) is 2.97. The van der Waals surface area contributed by atoms with Gasteiger partial charge in [-0.15, -0.1) is 0 Å². The first-order valence-corrected chi connectivity index (χ1v) is 7.75. The molecule has 0 spiro atoms. The van der Waals surface area contributed by atoms with Gasteiger partial charge in [-0.05, 0) is 24.4 Å². The lowest BCUT2D eigenvalue weighted by Gasteiger charge is -2.28. The van der Waals surface area contributed by atoms with Crippen molar-refractivity contribution >= 4 is 46.0 Å². The summed E-state index contributed by atoms with van der Waals surface area (Å²) in [7, 11) is 0. The molecule has 0 aromatic carbocycles. The minimum atomic E-state index is -0.221. The van der Waals surface area contributed by atoms with Crippen LogP contribution in [0.5, 0.6) is 0 Å². The quantitative estimate of drug-likeness (QED) is 0.557. The molecule has 3 N–H and O–H groups in total. The van der Waals surface area contributed by atoms with E-state index in [1.54, 1.807) is 6.08 Å². The van der Waals surface area contributed by atoms with E-state index >= 15 is 0 Å². The largest absolute Gasteiger partial charge is 0.378 e. The summed E-state index contributed by atoms with van der Waals surface area (Å²) in [5.41, 5.74) is 3.17. The van der Waals surface area contributed by atoms with Gasteiger partial charge in [-0.3, -0.25) is 10.1 Å². The summed E-state index contributed by atoms with van der Waals surface area (Å²) in [6, 6.07) is 2.09. The maximum Gasteiger partial charge on any atom is 0.273 e. The summed E-state index contributed by atoms with van der Waals surface area (Å²) >= 11 is 4.95. The number of hydrogen-bond donors (Lipinski definition) is 3. The minimum absolute atomic E-state index is 0.221. The van der Waals surface area contributed by atoms with Crippen LogP contribution >= 0.6 is 12.2 Å². The van der Waals surface area contributed by atoms with Gasteiger partial charge in [0.15, 0.2) is 5.11 Å². The van der Waals surface area contributed by atoms with Crippen molar-refractivity contribution in [3.8, 4) is 0 Å². The number of anilines is 1. The van der Waals surface area contributed by atoms with Gasteiger partial charge in [-0.2, -0.15) is 0 Å². The Kier molecular flexibility index (Phi) is 3.47. The van der Waals surface area contributed by atoms with E-state index in [0.717, 1.165) is 48.6 Å². The fraction of sp³-hybridized carbons (Fsp3) is 0.267. The van der Waals surface area contributed by atoms with Gasteiger partial charge in [0.1, 0.15) is 11.3 Å². The van der Waals surface area contributed by atoms with Crippen molar-refractivity contribution in [2.45, 2.75) is 0 Å². The van der Waals surface area contributed by atoms with Gasteiger partial charge in [-0.1, -0.05) is 0 Å². The summed E-state index contributed by atoms with van der Waals surface area (Å²) < 4.78 is 5.39. The second-order valence-corrected chi connectivity index (χ2v) is 5.81. The molecule has 1 amide bonds. The Labute approximate surface area is 137 Å². The molecule has 0 saturated carbocycles. The van der Waals surface area contributed by atoms with Crippen LogP contribution < -0.4 is 15.5 Å². The van der Waals surface area contributed by atoms with E-state index in [0.29, 0.717) is 10.8 Å². The van der Waals surface area contributed by atoms with Crippen molar-refractivity contribution in [1.29, 1.82) is 0 Å². The molecule has 2 fully saturated rings. The molecule has 0 aliphatic carbocycles. The zero-order valence-electron chi connectivity index (χ0n) is 12.3. The Balaban J connectivity index is 1.71. The summed E-state index contributed by atoms with van der Waals surface area (Å²) in [5, 5.41) is 6.70. The molecule has 0 radical (unpaired) electrons. The lowest BCUT2D eigenvalue weighted by molar-refractivity contribution is -0.115. The van der Waals surface area contributed by atoms with E-state index < -0.39 is 0 Å². The number of thiocarbonyl (C=S) groups is 1. The molecule has 2 aromatic rings. The van der Waals surface area contributed by atoms with Gasteiger partial charge in [0.25, 0.3) is 5.91 Å². The molecule has 118 valence electrons. The Hall–Kier alpha value is -2.45. The van der Waals surface area contributed by atoms with Crippen LogP contribution in [0.15, 0.2) is 24.2 Å². The number of aromatic amines is 1. The number of nitrogens with one attached hydrogen (secondary N) is 3. The number of ether oxygens (including phenoxy) is 1. The van der Waals surface area contributed by atoms with E-state index in [1.165, 1.54) is 0 Å². The Morgan fingerprint density at radius 2 is 2.13 bits per heavy atom. The number of H-pyrrole nitrogens is 1. The first-order valence-electron chi connectivity index (χ1n) is 7.34. The molecule has 0 bridgehead atoms. The van der Waals surface area contributed by atoms with Gasteiger partial charge in [-0.25, -0.2) is 4.98 Å². The number of pyridine rings is 1. The molecule has 2 saturated heterocycles. The van der Waals surface area contributed by atoms with Crippen molar-refractivity contribution in [2.24, 2.45) is 0 Å². The lowest BCUT2D eigenvalue weighted by Crippen LogP contribution is -2.36. The number of rotatable bonds is 2. The topological polar surface area (TPSA) is 82.3 Å². The first kappa shape index (κ1) is 14.2. The van der Waals surface area contributed by atoms with Crippen LogP contribution in [0.25, 0.3) is 17.1 Å². The number of aromatic nitrogens is 2. The van der Waals surface area contributed by atoms with Crippen molar-refractivity contribution in [3.63, 3.8) is 0 Å². The highest BCUT2D eigenvalue weighted by Crippen LogP contribution is 2.25. The summed E-state index contributed by atoms with van der Waals surface area (Å²) in [6.07, 6.45) is 5.47. The van der Waals surface area contributed by atoms with Gasteiger partial charge in [0.2, 0.25) is 0 Å². The molecule has 4 heterocycles. The Morgan fingerprint density at radius 3 is 2.87 bits per heavy atom. The standard InChI is InChI=1S/C15H15N5O2S/c21-14-12(18-15(23)19-14)5-9-7-16-13-11(9)6-10(8-17-13)20-1-3-22-4-2-20/h5-8H,1-4H2,(H,16,17)(H2,18,19,21,23)/b12-5-. The van der Waals surface area contributed by atoms with Crippen molar-refractivity contribution in [3.05, 3.63) is 29.7 Å². The molecular weight excluding hydrogens is 314 g/mol. The highest BCUT2D eigenvalue weighted by Gasteiger charge is 2.21. The van der Waals surface area contributed by atoms with E-state index in [2.05, 4.69) is 31.6 Å². The molecule has 8 heteroatoms. The number of nitrogens with zero attached hydrogens (tertiary/aromatic N) is 2. The van der Waals surface area contributed by atoms with Crippen LogP contribution in [-0.2, 0) is 9.53 Å². The van der Waals surface area contributed by atoms with Crippen molar-refractivity contribution in [2.75, 3.05) is 31.2 Å². The molecule has 0 unspecified atom stereocenters. The normalized spacial score (nSPS) is 20.2. The minimum Gasteiger partial charge on any atom is -0.378 e. The number of carbonyl (C=O) groups is 1. The number of amides is 1. The second-order valence-electron chi connectivity index (χ2n) is 5.40. The number of hydrogen-bond acceptors (Lipinski definition) is 5. The predicted molar refractivity (Wildman–Crippen MR) is 91.0 cm³/mol. The number of morpholine rings is 1. The van der Waals surface area contributed by atoms with Crippen LogP contribution in [0.2, 0.25) is 0 Å². The monoisotopic (exact) mass is 329 g/mol. The molecule has 23 heavy (non-hydrogen) atoms. The molecule has 2 aliphatic rings. The fourth-order valence-electron chi connectivity index (χ4n) is 2.76. The molecule has 7 nitrogen and oxygen atoms in total. The van der Waals surface area contributed by atoms with E-state index in [1.807, 2.05) is 12.4 Å². The smallest absolute Gasteiger partial charge is 0.273 e. The molecule has 2 aliphatic heterocycles. The van der Waals surface area contributed by atoms with Crippen LogP contribution in [0.3, 0.4) is 0 Å². The average molecular weight is 329 g/mol. The van der Waals surface area contributed by atoms with Gasteiger partial charge in [0.05, 0.1) is 25.1 Å². The third-order valence-corrected chi connectivity index (χ3v) is 4.15. The van der Waals surface area contributed by atoms with Crippen molar-refractivity contribution < 1.29 is 9.53 Å². The van der Waals surface area contributed by atoms with Crippen LogP contribution in [0, 0.1) is 0 Å². The van der Waals surface area contributed by atoms with Crippen LogP contribution in [0.4, 0.5) is 5.69 Å². The lowest BCUT2D eigenvalue weighted by atomic mass is 10.1. The summed E-state index contributed by atoms with van der Waals surface area (Å²) in [4.78, 5) is 21.6. The highest BCUT2D eigenvalue weighted by molar-refractivity contribution is 7.80. The van der Waals surface area contributed by atoms with E-state index in [4.69, 9.17) is 17.0 Å². The molecule has 2 aromatic heterocycles. The maximum absolute atomic E-state index is 11.8. The summed E-state index contributed by atoms with van der Waals surface area (Å²) in [5.74, 6) is -0.221. The number of carbonyl (C=O) groups excluding carboxylic acids is 1. The predicted octanol–water partition coefficient (Wildman–Crippen LogP) is 0.745. The third kappa shape index (κ3) is 2.66. The first-order chi connectivity index (χ1) is 11.2. The second kappa shape index (κ2) is 5.64. The van der Waals surface area contributed by atoms with Gasteiger partial charge in [0, 0.05) is 30.2 Å². The van der Waals surface area contributed by atoms with E-state index in [-0.39, 0.29) is 5.91 Å². The van der Waals surface area contributed by atoms with Gasteiger partial charge >= 0.3 is 0 Å². The van der Waals surface area contributed by atoms with Crippen LogP contribution in [-0.4, -0.2) is 47.3 Å². The zero-order valence-corrected chi connectivity index (χ0v) is 13.1. The van der Waals surface area contributed by atoms with Gasteiger partial charge < -0.3 is 19.9 Å². The number of fused-ring (bicyclic) bond motifs is 1. The SMILES string of the molecule is O=C1NC(=S)N/C1=C\c1c[nH]c2ncc(N3CCOCC3)cc12. The Morgan fingerprint density at radius 1 is 1.30 bits per heavy atom. The maximum atomic E-state index is 11.8. The van der Waals surface area contributed by atoms with Crippen molar-refractivity contribution in [1.82, 2.24) is 20.6 Å². The average Bonchev–Trinajstić information content (AvgIpc) is 3.11. The summed E-state index contributed by atoms with van der Waals surface area (Å²) in [6.45, 7) is 3.16. The molecular formula is C15H15N5O2S. The highest BCUT2D eigenvalue weighted by atomic mass is 32.1. The third-order valence-electron chi connectivity index (χ3n) is 3.94. The molecule has 4 rings (SSSR count). The van der Waals surface area contributed by atoms with E-state index in [9.17, 15) is 4.79 Å².